The van der Waals surface area contributed by atoms with Gasteiger partial charge >= 0.3 is 6.16 Å². The lowest BCUT2D eigenvalue weighted by Crippen LogP contribution is -2.50. The number of aliphatic imine (C=N–C) groups is 1. The first-order chi connectivity index (χ1) is 10.7. The minimum Gasteiger partial charge on any atom is -0.450 e. The maximum absolute atomic E-state index is 12.1. The summed E-state index contributed by atoms with van der Waals surface area (Å²) in [4.78, 5) is 29.4. The van der Waals surface area contributed by atoms with Crippen molar-refractivity contribution in [1.82, 2.24) is 10.3 Å². The fourth-order valence-corrected chi connectivity index (χ4v) is 2.25. The third-order valence-corrected chi connectivity index (χ3v) is 4.20. The summed E-state index contributed by atoms with van der Waals surface area (Å²) in [7, 11) is 0. The number of pyridine rings is 1. The maximum Gasteiger partial charge on any atom is 0.503 e. The fraction of sp³-hybridized carbons (Fsp3) is 0.500. The number of aromatic nitrogens is 1. The van der Waals surface area contributed by atoms with Gasteiger partial charge in [0.15, 0.2) is 5.84 Å². The first-order valence-electron chi connectivity index (χ1n) is 7.54. The first-order valence-corrected chi connectivity index (χ1v) is 7.54. The van der Waals surface area contributed by atoms with E-state index in [2.05, 4.69) is 21.4 Å². The molecule has 3 rings (SSSR count). The van der Waals surface area contributed by atoms with Gasteiger partial charge in [-0.2, -0.15) is 4.99 Å². The fourth-order valence-electron chi connectivity index (χ4n) is 2.25. The number of hydrogen-bond acceptors (Lipinski definition) is 4. The highest BCUT2D eigenvalue weighted by molar-refractivity contribution is 6.12. The van der Waals surface area contributed by atoms with Crippen LogP contribution in [0.3, 0.4) is 0 Å². The van der Waals surface area contributed by atoms with E-state index in [1.165, 1.54) is 12.8 Å². The van der Waals surface area contributed by atoms with E-state index in [-0.39, 0.29) is 11.8 Å². The smallest absolute Gasteiger partial charge is 0.450 e. The molecule has 0 saturated heterocycles. The summed E-state index contributed by atoms with van der Waals surface area (Å²) in [6.45, 7) is 5.95. The lowest BCUT2D eigenvalue weighted by molar-refractivity contribution is -0.123. The summed E-state index contributed by atoms with van der Waals surface area (Å²) in [5.41, 5.74) is 1.29. The van der Waals surface area contributed by atoms with E-state index < -0.39 is 11.7 Å². The molecule has 7 heteroatoms. The molecule has 7 nitrogen and oxygen atoms in total. The van der Waals surface area contributed by atoms with Crippen LogP contribution in [0.1, 0.15) is 50.9 Å². The number of carbonyl (C=O) groups excluding carboxylic acids is 1. The molecule has 1 saturated carbocycles. The Morgan fingerprint density at radius 3 is 2.43 bits per heavy atom. The Hall–Kier alpha value is -2.44. The molecule has 124 valence electrons. The third kappa shape index (κ3) is 3.85. The number of carboxylic acid groups (broad SMARTS) is 2. The highest BCUT2D eigenvalue weighted by atomic mass is 16.6. The molecule has 1 aliphatic carbocycles. The zero-order chi connectivity index (χ0) is 17.2. The van der Waals surface area contributed by atoms with Gasteiger partial charge in [0.05, 0.1) is 0 Å². The van der Waals surface area contributed by atoms with E-state index in [1.807, 2.05) is 32.9 Å². The van der Waals surface area contributed by atoms with Gasteiger partial charge < -0.3 is 15.5 Å². The molecule has 3 N–H and O–H groups in total. The van der Waals surface area contributed by atoms with Crippen molar-refractivity contribution >= 4 is 17.9 Å². The Morgan fingerprint density at radius 2 is 1.96 bits per heavy atom. The summed E-state index contributed by atoms with van der Waals surface area (Å²) < 4.78 is 0. The number of amides is 1. The monoisotopic (exact) mass is 319 g/mol. The van der Waals surface area contributed by atoms with Crippen LogP contribution in [0.25, 0.3) is 0 Å². The molecule has 1 aliphatic heterocycles. The zero-order valence-electron chi connectivity index (χ0n) is 13.4. The summed E-state index contributed by atoms with van der Waals surface area (Å²) in [5, 5.41) is 17.2. The van der Waals surface area contributed by atoms with Crippen LogP contribution < -0.4 is 5.32 Å². The van der Waals surface area contributed by atoms with E-state index in [0.29, 0.717) is 11.8 Å². The average molecular weight is 319 g/mol. The second-order valence-corrected chi connectivity index (χ2v) is 6.25. The van der Waals surface area contributed by atoms with Gasteiger partial charge in [-0.1, -0.05) is 19.9 Å². The van der Waals surface area contributed by atoms with Crippen LogP contribution in [0.2, 0.25) is 0 Å². The van der Waals surface area contributed by atoms with Crippen molar-refractivity contribution < 1.29 is 19.8 Å². The van der Waals surface area contributed by atoms with Crippen LogP contribution in [0.4, 0.5) is 4.79 Å². The predicted molar refractivity (Wildman–Crippen MR) is 84.8 cm³/mol. The third-order valence-electron chi connectivity index (χ3n) is 4.20. The van der Waals surface area contributed by atoms with Gasteiger partial charge in [0.2, 0.25) is 0 Å². The minimum absolute atomic E-state index is 0.101. The summed E-state index contributed by atoms with van der Waals surface area (Å²) in [6.07, 6.45) is 0.609. The van der Waals surface area contributed by atoms with Gasteiger partial charge in [-0.25, -0.2) is 9.78 Å². The molecular formula is C16H21N3O4. The number of carbonyl (C=O) groups is 2. The van der Waals surface area contributed by atoms with Gasteiger partial charge in [-0.3, -0.25) is 4.79 Å². The SMILES string of the molecule is CC(C)C1(C)NC(c2cccc(C3CC3)n2)=NC1=O.O=C(O)O. The second-order valence-electron chi connectivity index (χ2n) is 6.25. The molecule has 1 atom stereocenters. The summed E-state index contributed by atoms with van der Waals surface area (Å²) >= 11 is 0. The molecule has 1 unspecified atom stereocenters. The van der Waals surface area contributed by atoms with Crippen LogP contribution in [0.15, 0.2) is 23.2 Å². The zero-order valence-corrected chi connectivity index (χ0v) is 13.4. The molecular weight excluding hydrogens is 298 g/mol. The molecule has 1 fully saturated rings. The number of rotatable bonds is 3. The molecule has 2 aliphatic rings. The first kappa shape index (κ1) is 16.9. The second kappa shape index (κ2) is 6.36. The summed E-state index contributed by atoms with van der Waals surface area (Å²) in [6, 6.07) is 5.97. The molecule has 1 aromatic heterocycles. The van der Waals surface area contributed by atoms with Gasteiger partial charge in [-0.05, 0) is 37.8 Å². The number of amidine groups is 1. The van der Waals surface area contributed by atoms with Crippen molar-refractivity contribution in [2.24, 2.45) is 10.9 Å². The van der Waals surface area contributed by atoms with Gasteiger partial charge in [0, 0.05) is 11.6 Å². The van der Waals surface area contributed by atoms with E-state index in [4.69, 9.17) is 15.0 Å². The standard InChI is InChI=1S/C15H19N3O.CH2O3/c1-9(2)15(3)14(19)17-13(18-15)12-6-4-5-11(16-12)10-7-8-10;2-1(3)4/h4-6,9-10H,7-8H2,1-3H3,(H,17,18,19);(H2,2,3,4). The Labute approximate surface area is 134 Å². The van der Waals surface area contributed by atoms with Crippen LogP contribution in [0, 0.1) is 5.92 Å². The van der Waals surface area contributed by atoms with Crippen LogP contribution in [0.5, 0.6) is 0 Å². The summed E-state index contributed by atoms with van der Waals surface area (Å²) in [5.74, 6) is 1.31. The lowest BCUT2D eigenvalue weighted by Gasteiger charge is -2.26. The van der Waals surface area contributed by atoms with Crippen LogP contribution in [-0.4, -0.2) is 38.6 Å². The molecule has 2 heterocycles. The molecule has 0 radical (unpaired) electrons. The van der Waals surface area contributed by atoms with E-state index >= 15 is 0 Å². The highest BCUT2D eigenvalue weighted by Crippen LogP contribution is 2.39. The quantitative estimate of drug-likeness (QED) is 0.789. The van der Waals surface area contributed by atoms with Crippen molar-refractivity contribution in [3.05, 3.63) is 29.6 Å². The molecule has 1 aromatic rings. The molecule has 23 heavy (non-hydrogen) atoms. The number of nitrogens with zero attached hydrogens (tertiary/aromatic N) is 2. The van der Waals surface area contributed by atoms with E-state index in [0.717, 1.165) is 11.4 Å². The van der Waals surface area contributed by atoms with E-state index in [1.54, 1.807) is 0 Å². The van der Waals surface area contributed by atoms with Crippen LogP contribution >= 0.6 is 0 Å². The molecule has 0 bridgehead atoms. The number of hydrogen-bond donors (Lipinski definition) is 3. The maximum atomic E-state index is 12.1. The van der Waals surface area contributed by atoms with Gasteiger partial charge in [-0.15, -0.1) is 0 Å². The Balaban J connectivity index is 0.000000433. The topological polar surface area (TPSA) is 112 Å². The Kier molecular flexibility index (Phi) is 4.68. The Morgan fingerprint density at radius 1 is 1.35 bits per heavy atom. The predicted octanol–water partition coefficient (Wildman–Crippen LogP) is 2.47. The van der Waals surface area contributed by atoms with Crippen molar-refractivity contribution in [2.45, 2.75) is 45.1 Å². The van der Waals surface area contributed by atoms with Crippen molar-refractivity contribution in [3.63, 3.8) is 0 Å². The highest BCUT2D eigenvalue weighted by Gasteiger charge is 2.42. The number of nitrogens with one attached hydrogen (secondary N) is 1. The van der Waals surface area contributed by atoms with E-state index in [9.17, 15) is 4.79 Å². The largest absolute Gasteiger partial charge is 0.503 e. The average Bonchev–Trinajstić information content (AvgIpc) is 3.26. The van der Waals surface area contributed by atoms with Crippen molar-refractivity contribution in [2.75, 3.05) is 0 Å². The Bertz CT molecular complexity index is 648. The van der Waals surface area contributed by atoms with Gasteiger partial charge in [0.25, 0.3) is 5.91 Å². The van der Waals surface area contributed by atoms with Crippen molar-refractivity contribution in [1.29, 1.82) is 0 Å². The molecule has 1 amide bonds. The molecule has 0 spiro atoms. The van der Waals surface area contributed by atoms with Gasteiger partial charge in [0.1, 0.15) is 11.2 Å². The lowest BCUT2D eigenvalue weighted by atomic mass is 9.88. The van der Waals surface area contributed by atoms with Crippen molar-refractivity contribution in [3.8, 4) is 0 Å². The van der Waals surface area contributed by atoms with Crippen LogP contribution in [-0.2, 0) is 4.79 Å². The molecule has 0 aromatic carbocycles. The normalized spacial score (nSPS) is 23.0. The minimum atomic E-state index is -1.83.